The number of hydrogen-bond acceptors (Lipinski definition) is 5. The highest BCUT2D eigenvalue weighted by Gasteiger charge is 2.24. The summed E-state index contributed by atoms with van der Waals surface area (Å²) in [7, 11) is 1.60. The zero-order chi connectivity index (χ0) is 14.7. The normalized spacial score (nSPS) is 20.1. The number of ether oxygens (including phenoxy) is 4. The number of carbonyl (C=O) groups is 1. The number of carbonyl (C=O) groups excluding carboxylic acids is 1. The Labute approximate surface area is 123 Å². The van der Waals surface area contributed by atoms with E-state index < -0.39 is 0 Å². The Morgan fingerprint density at radius 1 is 1.29 bits per heavy atom. The molecule has 2 aliphatic rings. The van der Waals surface area contributed by atoms with Crippen molar-refractivity contribution in [1.82, 2.24) is 5.32 Å². The molecule has 2 aliphatic heterocycles. The van der Waals surface area contributed by atoms with Gasteiger partial charge in [-0.05, 0) is 12.5 Å². The van der Waals surface area contributed by atoms with Crippen molar-refractivity contribution < 1.29 is 23.7 Å². The lowest BCUT2D eigenvalue weighted by Gasteiger charge is -2.21. The van der Waals surface area contributed by atoms with Crippen molar-refractivity contribution in [3.05, 3.63) is 17.7 Å². The first kappa shape index (κ1) is 14.0. The van der Waals surface area contributed by atoms with Gasteiger partial charge in [0.05, 0.1) is 19.6 Å². The summed E-state index contributed by atoms with van der Waals surface area (Å²) in [4.78, 5) is 12.0. The fraction of sp³-hybridized carbons (Fsp3) is 0.533. The maximum Gasteiger partial charge on any atom is 0.225 e. The highest BCUT2D eigenvalue weighted by molar-refractivity contribution is 5.79. The van der Waals surface area contributed by atoms with Gasteiger partial charge < -0.3 is 24.3 Å². The van der Waals surface area contributed by atoms with Gasteiger partial charge in [-0.25, -0.2) is 0 Å². The molecule has 2 heterocycles. The van der Waals surface area contributed by atoms with Gasteiger partial charge in [0, 0.05) is 24.8 Å². The third kappa shape index (κ3) is 3.05. The van der Waals surface area contributed by atoms with Crippen LogP contribution in [0, 0.1) is 5.92 Å². The predicted molar refractivity (Wildman–Crippen MR) is 74.8 cm³/mol. The van der Waals surface area contributed by atoms with Gasteiger partial charge in [-0.2, -0.15) is 0 Å². The minimum atomic E-state index is -0.0480. The quantitative estimate of drug-likeness (QED) is 0.901. The van der Waals surface area contributed by atoms with Crippen molar-refractivity contribution in [1.29, 1.82) is 0 Å². The first-order valence-corrected chi connectivity index (χ1v) is 7.10. The van der Waals surface area contributed by atoms with E-state index in [0.29, 0.717) is 50.2 Å². The molecule has 0 spiro atoms. The van der Waals surface area contributed by atoms with Crippen molar-refractivity contribution in [3.63, 3.8) is 0 Å². The molecule has 114 valence electrons. The van der Waals surface area contributed by atoms with Crippen LogP contribution in [0.4, 0.5) is 0 Å². The maximum atomic E-state index is 12.0. The second-order valence-electron chi connectivity index (χ2n) is 5.09. The average molecular weight is 293 g/mol. The summed E-state index contributed by atoms with van der Waals surface area (Å²) in [6, 6.07) is 3.66. The van der Waals surface area contributed by atoms with E-state index in [4.69, 9.17) is 18.9 Å². The summed E-state index contributed by atoms with van der Waals surface area (Å²) in [5, 5.41) is 2.93. The van der Waals surface area contributed by atoms with Crippen molar-refractivity contribution in [2.24, 2.45) is 5.92 Å². The summed E-state index contributed by atoms with van der Waals surface area (Å²) in [5.74, 6) is 2.02. The van der Waals surface area contributed by atoms with Crippen LogP contribution in [0.15, 0.2) is 12.1 Å². The third-order valence-electron chi connectivity index (χ3n) is 3.70. The van der Waals surface area contributed by atoms with Crippen LogP contribution < -0.4 is 19.5 Å². The van der Waals surface area contributed by atoms with Crippen LogP contribution in [0.2, 0.25) is 0 Å². The molecule has 21 heavy (non-hydrogen) atoms. The van der Waals surface area contributed by atoms with Crippen molar-refractivity contribution in [3.8, 4) is 17.2 Å². The predicted octanol–water partition coefficient (Wildman–Crippen LogP) is 1.12. The van der Waals surface area contributed by atoms with E-state index in [0.717, 1.165) is 12.0 Å². The molecule has 3 rings (SSSR count). The van der Waals surface area contributed by atoms with Crippen molar-refractivity contribution >= 4 is 5.91 Å². The molecule has 1 atom stereocenters. The standard InChI is InChI=1S/C15H19NO5/c1-18-12-7-14-13(20-4-5-21-14)6-11(12)8-16-15(17)10-2-3-19-9-10/h6-7,10H,2-5,8-9H2,1H3,(H,16,17)/t10-/m0/s1. The Kier molecular flexibility index (Phi) is 4.15. The van der Waals surface area contributed by atoms with Gasteiger partial charge in [-0.15, -0.1) is 0 Å². The van der Waals surface area contributed by atoms with Crippen LogP contribution >= 0.6 is 0 Å². The van der Waals surface area contributed by atoms with Crippen LogP contribution in [0.1, 0.15) is 12.0 Å². The van der Waals surface area contributed by atoms with Crippen LogP contribution in [0.3, 0.4) is 0 Å². The average Bonchev–Trinajstić information content (AvgIpc) is 3.06. The van der Waals surface area contributed by atoms with Gasteiger partial charge in [-0.1, -0.05) is 0 Å². The molecule has 6 heteroatoms. The van der Waals surface area contributed by atoms with E-state index in [9.17, 15) is 4.79 Å². The SMILES string of the molecule is COc1cc2c(cc1CNC(=O)[C@H]1CCOC1)OCCO2. The second kappa shape index (κ2) is 6.22. The number of nitrogens with one attached hydrogen (secondary N) is 1. The lowest BCUT2D eigenvalue weighted by molar-refractivity contribution is -0.125. The molecule has 1 aromatic carbocycles. The lowest BCUT2D eigenvalue weighted by Crippen LogP contribution is -2.30. The number of benzene rings is 1. The summed E-state index contributed by atoms with van der Waals surface area (Å²) in [6.45, 7) is 2.63. The Morgan fingerprint density at radius 3 is 2.71 bits per heavy atom. The fourth-order valence-corrected chi connectivity index (χ4v) is 2.51. The molecular weight excluding hydrogens is 274 g/mol. The molecule has 1 amide bonds. The van der Waals surface area contributed by atoms with E-state index in [1.807, 2.05) is 6.07 Å². The lowest BCUT2D eigenvalue weighted by atomic mass is 10.1. The van der Waals surface area contributed by atoms with Crippen molar-refractivity contribution in [2.75, 3.05) is 33.5 Å². The second-order valence-corrected chi connectivity index (χ2v) is 5.09. The fourth-order valence-electron chi connectivity index (χ4n) is 2.51. The highest BCUT2D eigenvalue weighted by atomic mass is 16.6. The number of rotatable bonds is 4. The van der Waals surface area contributed by atoms with E-state index in [1.54, 1.807) is 13.2 Å². The van der Waals surface area contributed by atoms with Gasteiger partial charge in [0.15, 0.2) is 11.5 Å². The van der Waals surface area contributed by atoms with Crippen LogP contribution in [0.5, 0.6) is 17.2 Å². The van der Waals surface area contributed by atoms with Gasteiger partial charge in [0.25, 0.3) is 0 Å². The first-order chi connectivity index (χ1) is 10.3. The molecule has 0 aliphatic carbocycles. The molecule has 0 saturated carbocycles. The van der Waals surface area contributed by atoms with Crippen molar-refractivity contribution in [2.45, 2.75) is 13.0 Å². The summed E-state index contributed by atoms with van der Waals surface area (Å²) in [5.41, 5.74) is 0.869. The van der Waals surface area contributed by atoms with E-state index in [-0.39, 0.29) is 11.8 Å². The molecule has 0 unspecified atom stereocenters. The molecule has 1 saturated heterocycles. The Hall–Kier alpha value is -1.95. The van der Waals surface area contributed by atoms with Crippen LogP contribution in [-0.2, 0) is 16.1 Å². The topological polar surface area (TPSA) is 66.0 Å². The molecule has 1 fully saturated rings. The zero-order valence-electron chi connectivity index (χ0n) is 12.0. The molecule has 0 bridgehead atoms. The molecule has 0 aromatic heterocycles. The number of fused-ring (bicyclic) bond motifs is 1. The van der Waals surface area contributed by atoms with E-state index >= 15 is 0 Å². The molecule has 0 radical (unpaired) electrons. The van der Waals surface area contributed by atoms with E-state index in [2.05, 4.69) is 5.32 Å². The molecule has 1 N–H and O–H groups in total. The molecule has 1 aromatic rings. The Morgan fingerprint density at radius 2 is 2.05 bits per heavy atom. The zero-order valence-corrected chi connectivity index (χ0v) is 12.0. The Balaban J connectivity index is 1.70. The maximum absolute atomic E-state index is 12.0. The van der Waals surface area contributed by atoms with E-state index in [1.165, 1.54) is 0 Å². The third-order valence-corrected chi connectivity index (χ3v) is 3.70. The smallest absolute Gasteiger partial charge is 0.225 e. The Bertz CT molecular complexity index is 525. The molecular formula is C15H19NO5. The summed E-state index contributed by atoms with van der Waals surface area (Å²) >= 11 is 0. The van der Waals surface area contributed by atoms with Gasteiger partial charge in [0.2, 0.25) is 5.91 Å². The number of amides is 1. The minimum absolute atomic E-state index is 0.0180. The summed E-state index contributed by atoms with van der Waals surface area (Å²) < 4.78 is 21.7. The highest BCUT2D eigenvalue weighted by Crippen LogP contribution is 2.36. The van der Waals surface area contributed by atoms with Gasteiger partial charge in [0.1, 0.15) is 19.0 Å². The monoisotopic (exact) mass is 293 g/mol. The van der Waals surface area contributed by atoms with Gasteiger partial charge in [-0.3, -0.25) is 4.79 Å². The van der Waals surface area contributed by atoms with Gasteiger partial charge >= 0.3 is 0 Å². The van der Waals surface area contributed by atoms with Crippen LogP contribution in [-0.4, -0.2) is 39.4 Å². The van der Waals surface area contributed by atoms with Crippen LogP contribution in [0.25, 0.3) is 0 Å². The summed E-state index contributed by atoms with van der Waals surface area (Å²) in [6.07, 6.45) is 0.782. The number of hydrogen-bond donors (Lipinski definition) is 1. The largest absolute Gasteiger partial charge is 0.496 e. The number of methoxy groups -OCH3 is 1. The molecule has 6 nitrogen and oxygen atoms in total. The first-order valence-electron chi connectivity index (χ1n) is 7.10. The minimum Gasteiger partial charge on any atom is -0.496 e.